The molecule has 2 N–H and O–H groups in total. The summed E-state index contributed by atoms with van der Waals surface area (Å²) in [7, 11) is 0. The van der Waals surface area contributed by atoms with Gasteiger partial charge in [0.2, 0.25) is 11.8 Å². The first kappa shape index (κ1) is 21.1. The second-order valence-electron chi connectivity index (χ2n) is 8.07. The van der Waals surface area contributed by atoms with Gasteiger partial charge in [-0.05, 0) is 43.5 Å². The molecule has 2 atom stereocenters. The van der Waals surface area contributed by atoms with Crippen LogP contribution in [0.15, 0.2) is 48.5 Å². The lowest BCUT2D eigenvalue weighted by atomic mass is 10.1. The highest BCUT2D eigenvalue weighted by Gasteiger charge is 2.36. The van der Waals surface area contributed by atoms with Gasteiger partial charge in [-0.25, -0.2) is 0 Å². The van der Waals surface area contributed by atoms with Crippen molar-refractivity contribution in [1.29, 1.82) is 0 Å². The number of carbonyl (C=O) groups excluding carboxylic acids is 3. The Hall–Kier alpha value is -3.19. The van der Waals surface area contributed by atoms with E-state index in [1.807, 2.05) is 31.2 Å². The number of carbonyl (C=O) groups is 3. The number of aryl methyl sites for hydroxylation is 1. The van der Waals surface area contributed by atoms with Gasteiger partial charge < -0.3 is 20.3 Å². The van der Waals surface area contributed by atoms with E-state index in [-0.39, 0.29) is 30.2 Å². The van der Waals surface area contributed by atoms with Crippen molar-refractivity contribution in [3.63, 3.8) is 0 Å². The Labute approximate surface area is 181 Å². The van der Waals surface area contributed by atoms with Crippen molar-refractivity contribution in [1.82, 2.24) is 5.32 Å². The molecule has 2 fully saturated rings. The van der Waals surface area contributed by atoms with E-state index in [1.165, 1.54) is 0 Å². The molecule has 162 valence electrons. The van der Waals surface area contributed by atoms with Crippen LogP contribution >= 0.6 is 0 Å². The van der Waals surface area contributed by atoms with Crippen molar-refractivity contribution in [2.45, 2.75) is 32.3 Å². The van der Waals surface area contributed by atoms with Gasteiger partial charge in [0, 0.05) is 31.8 Å². The number of para-hydroxylation sites is 2. The second kappa shape index (κ2) is 9.31. The molecule has 2 heterocycles. The Balaban J connectivity index is 1.41. The molecular formula is C24H27N3O4. The topological polar surface area (TPSA) is 87.7 Å². The van der Waals surface area contributed by atoms with Gasteiger partial charge in [0.15, 0.2) is 0 Å². The average molecular weight is 421 g/mol. The van der Waals surface area contributed by atoms with Crippen molar-refractivity contribution in [2.24, 2.45) is 5.92 Å². The van der Waals surface area contributed by atoms with Crippen LogP contribution in [-0.2, 0) is 14.3 Å². The molecule has 0 bridgehead atoms. The number of nitrogens with one attached hydrogen (secondary N) is 2. The predicted molar refractivity (Wildman–Crippen MR) is 118 cm³/mol. The molecule has 0 radical (unpaired) electrons. The fraction of sp³-hybridized carbons (Fsp3) is 0.375. The van der Waals surface area contributed by atoms with Gasteiger partial charge in [-0.3, -0.25) is 14.4 Å². The summed E-state index contributed by atoms with van der Waals surface area (Å²) in [5.41, 5.74) is 2.66. The van der Waals surface area contributed by atoms with Crippen molar-refractivity contribution in [3.8, 4) is 0 Å². The lowest BCUT2D eigenvalue weighted by Gasteiger charge is -2.19. The summed E-state index contributed by atoms with van der Waals surface area (Å²) in [4.78, 5) is 39.8. The van der Waals surface area contributed by atoms with Crippen LogP contribution in [0.4, 0.5) is 11.4 Å². The highest BCUT2D eigenvalue weighted by atomic mass is 16.5. The van der Waals surface area contributed by atoms with Gasteiger partial charge >= 0.3 is 0 Å². The van der Waals surface area contributed by atoms with E-state index in [4.69, 9.17) is 4.74 Å². The van der Waals surface area contributed by atoms with Crippen molar-refractivity contribution in [3.05, 3.63) is 59.7 Å². The molecule has 0 aromatic heterocycles. The molecule has 2 saturated heterocycles. The Morgan fingerprint density at radius 2 is 1.90 bits per heavy atom. The first-order valence-corrected chi connectivity index (χ1v) is 10.7. The molecular weight excluding hydrogens is 394 g/mol. The van der Waals surface area contributed by atoms with Crippen LogP contribution < -0.4 is 15.5 Å². The van der Waals surface area contributed by atoms with E-state index in [0.29, 0.717) is 24.3 Å². The van der Waals surface area contributed by atoms with Gasteiger partial charge in [0.05, 0.1) is 23.3 Å². The molecule has 0 aliphatic carbocycles. The zero-order valence-corrected chi connectivity index (χ0v) is 17.6. The number of benzene rings is 2. The van der Waals surface area contributed by atoms with E-state index >= 15 is 0 Å². The van der Waals surface area contributed by atoms with Gasteiger partial charge in [-0.1, -0.05) is 30.3 Å². The Morgan fingerprint density at radius 1 is 1.13 bits per heavy atom. The molecule has 7 heteroatoms. The van der Waals surface area contributed by atoms with Crippen LogP contribution in [0.1, 0.15) is 35.2 Å². The highest BCUT2D eigenvalue weighted by molar-refractivity contribution is 6.07. The van der Waals surface area contributed by atoms with Crippen LogP contribution in [0.5, 0.6) is 0 Å². The molecule has 31 heavy (non-hydrogen) atoms. The lowest BCUT2D eigenvalue weighted by Crippen LogP contribution is -2.33. The maximum atomic E-state index is 12.9. The minimum Gasteiger partial charge on any atom is -0.376 e. The van der Waals surface area contributed by atoms with Crippen molar-refractivity contribution < 1.29 is 19.1 Å². The normalized spacial score (nSPS) is 20.7. The molecule has 2 aromatic carbocycles. The summed E-state index contributed by atoms with van der Waals surface area (Å²) in [6.45, 7) is 3.45. The number of anilines is 2. The molecule has 4 rings (SSSR count). The smallest absolute Gasteiger partial charge is 0.253 e. The SMILES string of the molecule is Cc1ccccc1N1C[C@@H](C(=O)Nc2ccccc2C(=O)NC[C@H]2CCCO2)CC1=O. The first-order chi connectivity index (χ1) is 15.0. The van der Waals surface area contributed by atoms with Gasteiger partial charge in [-0.15, -0.1) is 0 Å². The Kier molecular flexibility index (Phi) is 6.32. The van der Waals surface area contributed by atoms with E-state index in [0.717, 1.165) is 30.7 Å². The zero-order chi connectivity index (χ0) is 21.8. The summed E-state index contributed by atoms with van der Waals surface area (Å²) in [6.07, 6.45) is 2.13. The molecule has 0 spiro atoms. The third kappa shape index (κ3) is 4.77. The Morgan fingerprint density at radius 3 is 2.68 bits per heavy atom. The largest absolute Gasteiger partial charge is 0.376 e. The van der Waals surface area contributed by atoms with Crippen LogP contribution in [-0.4, -0.2) is 43.5 Å². The third-order valence-electron chi connectivity index (χ3n) is 5.85. The quantitative estimate of drug-likeness (QED) is 0.751. The number of amides is 3. The van der Waals surface area contributed by atoms with E-state index in [9.17, 15) is 14.4 Å². The average Bonchev–Trinajstić information content (AvgIpc) is 3.42. The fourth-order valence-electron chi connectivity index (χ4n) is 4.11. The molecule has 2 aromatic rings. The van der Waals surface area contributed by atoms with E-state index in [2.05, 4.69) is 10.6 Å². The number of rotatable bonds is 6. The lowest BCUT2D eigenvalue weighted by molar-refractivity contribution is -0.122. The van der Waals surface area contributed by atoms with Crippen LogP contribution in [0.2, 0.25) is 0 Å². The molecule has 0 saturated carbocycles. The number of hydrogen-bond acceptors (Lipinski definition) is 4. The maximum Gasteiger partial charge on any atom is 0.253 e. The summed E-state index contributed by atoms with van der Waals surface area (Å²) < 4.78 is 5.55. The minimum absolute atomic E-state index is 0.0441. The van der Waals surface area contributed by atoms with E-state index in [1.54, 1.807) is 29.2 Å². The van der Waals surface area contributed by atoms with Crippen LogP contribution in [0.3, 0.4) is 0 Å². The summed E-state index contributed by atoms with van der Waals surface area (Å²) in [5, 5.41) is 5.75. The summed E-state index contributed by atoms with van der Waals surface area (Å²) >= 11 is 0. The summed E-state index contributed by atoms with van der Waals surface area (Å²) in [6, 6.07) is 14.6. The second-order valence-corrected chi connectivity index (χ2v) is 8.07. The van der Waals surface area contributed by atoms with Crippen molar-refractivity contribution >= 4 is 29.1 Å². The predicted octanol–water partition coefficient (Wildman–Crippen LogP) is 2.90. The summed E-state index contributed by atoms with van der Waals surface area (Å²) in [5.74, 6) is -1.06. The molecule has 2 aliphatic heterocycles. The molecule has 2 aliphatic rings. The molecule has 7 nitrogen and oxygen atoms in total. The molecule has 0 unspecified atom stereocenters. The van der Waals surface area contributed by atoms with Gasteiger partial charge in [-0.2, -0.15) is 0 Å². The fourth-order valence-corrected chi connectivity index (χ4v) is 4.11. The molecule has 3 amide bonds. The van der Waals surface area contributed by atoms with Gasteiger partial charge in [0.25, 0.3) is 5.91 Å². The van der Waals surface area contributed by atoms with Crippen LogP contribution in [0.25, 0.3) is 0 Å². The maximum absolute atomic E-state index is 12.9. The zero-order valence-electron chi connectivity index (χ0n) is 17.6. The number of ether oxygens (including phenoxy) is 1. The Bertz CT molecular complexity index is 984. The third-order valence-corrected chi connectivity index (χ3v) is 5.85. The first-order valence-electron chi connectivity index (χ1n) is 10.7. The number of nitrogens with zero attached hydrogens (tertiary/aromatic N) is 1. The van der Waals surface area contributed by atoms with Crippen molar-refractivity contribution in [2.75, 3.05) is 29.9 Å². The minimum atomic E-state index is -0.477. The van der Waals surface area contributed by atoms with Crippen LogP contribution in [0, 0.1) is 12.8 Å². The number of hydrogen-bond donors (Lipinski definition) is 2. The standard InChI is InChI=1S/C24H27N3O4/c1-16-7-2-5-11-21(16)27-15-17(13-22(27)28)23(29)26-20-10-4-3-9-19(20)24(30)25-14-18-8-6-12-31-18/h2-5,7,9-11,17-18H,6,8,12-15H2,1H3,(H,25,30)(H,26,29)/t17-,18+/m0/s1. The highest BCUT2D eigenvalue weighted by Crippen LogP contribution is 2.28. The monoisotopic (exact) mass is 421 g/mol. The van der Waals surface area contributed by atoms with Gasteiger partial charge in [0.1, 0.15) is 0 Å². The van der Waals surface area contributed by atoms with E-state index < -0.39 is 5.92 Å².